The van der Waals surface area contributed by atoms with Crippen LogP contribution in [0.5, 0.6) is 0 Å². The van der Waals surface area contributed by atoms with Crippen molar-refractivity contribution in [1.82, 2.24) is 0 Å². The molecule has 0 aliphatic rings. The van der Waals surface area contributed by atoms with E-state index >= 15 is 0 Å². The Morgan fingerprint density at radius 3 is 2.59 bits per heavy atom. The monoisotopic (exact) mass is 308 g/mol. The van der Waals surface area contributed by atoms with Crippen LogP contribution in [0.25, 0.3) is 0 Å². The summed E-state index contributed by atoms with van der Waals surface area (Å²) in [5.41, 5.74) is 3.02. The van der Waals surface area contributed by atoms with Gasteiger partial charge in [-0.05, 0) is 36.4 Å². The Bertz CT molecular complexity index is 545. The molecule has 0 fully saturated rings. The minimum atomic E-state index is -0.234. The first-order valence-corrected chi connectivity index (χ1v) is 7.18. The molecule has 0 aliphatic heterocycles. The largest absolute Gasteiger partial charge is 0.292 e. The number of benzene rings is 1. The Morgan fingerprint density at radius 1 is 1.29 bits per heavy atom. The van der Waals surface area contributed by atoms with Gasteiger partial charge < -0.3 is 0 Å². The number of rotatable bonds is 3. The van der Waals surface area contributed by atoms with Crippen LogP contribution >= 0.6 is 27.3 Å². The van der Waals surface area contributed by atoms with Crippen molar-refractivity contribution in [3.63, 3.8) is 0 Å². The third-order valence-corrected chi connectivity index (χ3v) is 4.97. The van der Waals surface area contributed by atoms with Crippen LogP contribution in [0, 0.1) is 13.8 Å². The van der Waals surface area contributed by atoms with E-state index in [0.29, 0.717) is 0 Å². The van der Waals surface area contributed by atoms with Crippen molar-refractivity contribution < 1.29 is 4.79 Å². The molecule has 2 aromatic rings. The predicted octanol–water partition coefficient (Wildman–Crippen LogP) is 4.68. The number of halogens is 1. The standard InChI is InChI=1S/C14H13BrOS/c1-9-7-12(17-8-9)13(15)14(16)11-6-4-3-5-10(11)2/h3-8,13H,1-2H3. The first-order chi connectivity index (χ1) is 8.09. The maximum atomic E-state index is 12.3. The lowest BCUT2D eigenvalue weighted by Gasteiger charge is -2.09. The molecule has 1 unspecified atom stereocenters. The van der Waals surface area contributed by atoms with Crippen LogP contribution in [0.3, 0.4) is 0 Å². The molecule has 0 amide bonds. The molecule has 88 valence electrons. The van der Waals surface area contributed by atoms with Crippen LogP contribution in [0.4, 0.5) is 0 Å². The van der Waals surface area contributed by atoms with Gasteiger partial charge in [-0.1, -0.05) is 40.2 Å². The number of aryl methyl sites for hydroxylation is 2. The Kier molecular flexibility index (Phi) is 3.79. The maximum Gasteiger partial charge on any atom is 0.181 e. The Morgan fingerprint density at radius 2 is 2.00 bits per heavy atom. The van der Waals surface area contributed by atoms with E-state index in [1.54, 1.807) is 11.3 Å². The topological polar surface area (TPSA) is 17.1 Å². The highest BCUT2D eigenvalue weighted by Gasteiger charge is 2.21. The Hall–Kier alpha value is -0.930. The van der Waals surface area contributed by atoms with E-state index in [2.05, 4.69) is 27.4 Å². The molecule has 1 nitrogen and oxygen atoms in total. The minimum Gasteiger partial charge on any atom is -0.292 e. The average molecular weight is 309 g/mol. The zero-order chi connectivity index (χ0) is 12.4. The summed E-state index contributed by atoms with van der Waals surface area (Å²) >= 11 is 5.12. The van der Waals surface area contributed by atoms with Crippen LogP contribution in [-0.2, 0) is 0 Å². The number of hydrogen-bond donors (Lipinski definition) is 0. The second-order valence-corrected chi connectivity index (χ2v) is 5.93. The lowest BCUT2D eigenvalue weighted by atomic mass is 10.0. The molecule has 0 aliphatic carbocycles. The van der Waals surface area contributed by atoms with Crippen molar-refractivity contribution >= 4 is 33.0 Å². The SMILES string of the molecule is Cc1csc(C(Br)C(=O)c2ccccc2C)c1. The molecule has 3 heteroatoms. The second-order valence-electron chi connectivity index (χ2n) is 4.07. The summed E-state index contributed by atoms with van der Waals surface area (Å²) in [7, 11) is 0. The molecule has 0 bridgehead atoms. The number of ketones is 1. The van der Waals surface area contributed by atoms with E-state index in [-0.39, 0.29) is 10.6 Å². The summed E-state index contributed by atoms with van der Waals surface area (Å²) in [6, 6.07) is 9.75. The average Bonchev–Trinajstić information content (AvgIpc) is 2.75. The summed E-state index contributed by atoms with van der Waals surface area (Å²) < 4.78 is 0. The van der Waals surface area contributed by atoms with Gasteiger partial charge in [0, 0.05) is 10.4 Å². The molecule has 1 aromatic carbocycles. The summed E-state index contributed by atoms with van der Waals surface area (Å²) in [6.45, 7) is 4.00. The predicted molar refractivity (Wildman–Crippen MR) is 76.2 cm³/mol. The van der Waals surface area contributed by atoms with Gasteiger partial charge in [-0.15, -0.1) is 11.3 Å². The number of thiophene rings is 1. The number of hydrogen-bond acceptors (Lipinski definition) is 2. The van der Waals surface area contributed by atoms with Gasteiger partial charge in [0.1, 0.15) is 4.83 Å². The van der Waals surface area contributed by atoms with E-state index in [0.717, 1.165) is 16.0 Å². The smallest absolute Gasteiger partial charge is 0.181 e. The fourth-order valence-corrected chi connectivity index (χ4v) is 3.27. The van der Waals surface area contributed by atoms with Gasteiger partial charge in [0.25, 0.3) is 0 Å². The number of carbonyl (C=O) groups excluding carboxylic acids is 1. The molecule has 0 N–H and O–H groups in total. The van der Waals surface area contributed by atoms with Crippen molar-refractivity contribution in [2.24, 2.45) is 0 Å². The van der Waals surface area contributed by atoms with Gasteiger partial charge in [0.05, 0.1) is 0 Å². The van der Waals surface area contributed by atoms with Crippen molar-refractivity contribution in [3.05, 3.63) is 57.3 Å². The van der Waals surface area contributed by atoms with E-state index in [9.17, 15) is 4.79 Å². The second kappa shape index (κ2) is 5.15. The number of carbonyl (C=O) groups is 1. The highest BCUT2D eigenvalue weighted by Crippen LogP contribution is 2.32. The van der Waals surface area contributed by atoms with Gasteiger partial charge in [0.15, 0.2) is 5.78 Å². The Labute approximate surface area is 114 Å². The highest BCUT2D eigenvalue weighted by molar-refractivity contribution is 9.09. The molecular formula is C14H13BrOS. The van der Waals surface area contributed by atoms with Crippen LogP contribution in [0.2, 0.25) is 0 Å². The summed E-state index contributed by atoms with van der Waals surface area (Å²) in [5, 5.41) is 2.06. The molecule has 17 heavy (non-hydrogen) atoms. The maximum absolute atomic E-state index is 12.3. The molecule has 1 atom stereocenters. The highest BCUT2D eigenvalue weighted by atomic mass is 79.9. The van der Waals surface area contributed by atoms with Crippen LogP contribution in [0.1, 0.15) is 31.2 Å². The van der Waals surface area contributed by atoms with Crippen molar-refractivity contribution in [2.75, 3.05) is 0 Å². The fourth-order valence-electron chi connectivity index (χ4n) is 1.70. The van der Waals surface area contributed by atoms with E-state index in [1.165, 1.54) is 5.56 Å². The van der Waals surface area contributed by atoms with Crippen molar-refractivity contribution in [2.45, 2.75) is 18.7 Å². The minimum absolute atomic E-state index is 0.130. The van der Waals surface area contributed by atoms with Gasteiger partial charge in [-0.2, -0.15) is 0 Å². The summed E-state index contributed by atoms with van der Waals surface area (Å²) in [5.74, 6) is 0.130. The van der Waals surface area contributed by atoms with Gasteiger partial charge in [0.2, 0.25) is 0 Å². The normalized spacial score (nSPS) is 12.4. The zero-order valence-corrected chi connectivity index (χ0v) is 12.1. The summed E-state index contributed by atoms with van der Waals surface area (Å²) in [4.78, 5) is 13.2. The molecule has 0 saturated heterocycles. The fraction of sp³-hybridized carbons (Fsp3) is 0.214. The lowest BCUT2D eigenvalue weighted by Crippen LogP contribution is -2.07. The van der Waals surface area contributed by atoms with Crippen LogP contribution in [0.15, 0.2) is 35.7 Å². The third kappa shape index (κ3) is 2.67. The zero-order valence-electron chi connectivity index (χ0n) is 9.74. The van der Waals surface area contributed by atoms with Crippen LogP contribution < -0.4 is 0 Å². The first-order valence-electron chi connectivity index (χ1n) is 5.38. The molecule has 0 radical (unpaired) electrons. The Balaban J connectivity index is 2.30. The molecule has 2 rings (SSSR count). The van der Waals surface area contributed by atoms with E-state index in [1.807, 2.05) is 38.1 Å². The first kappa shape index (κ1) is 12.5. The van der Waals surface area contributed by atoms with Gasteiger partial charge in [-0.25, -0.2) is 0 Å². The third-order valence-electron chi connectivity index (χ3n) is 2.64. The molecule has 1 aromatic heterocycles. The molecular weight excluding hydrogens is 296 g/mol. The quantitative estimate of drug-likeness (QED) is 0.594. The van der Waals surface area contributed by atoms with Crippen molar-refractivity contribution in [1.29, 1.82) is 0 Å². The molecule has 0 saturated carbocycles. The van der Waals surface area contributed by atoms with E-state index in [4.69, 9.17) is 0 Å². The van der Waals surface area contributed by atoms with Gasteiger partial charge in [-0.3, -0.25) is 4.79 Å². The molecule has 1 heterocycles. The molecule has 0 spiro atoms. The van der Waals surface area contributed by atoms with Crippen LogP contribution in [-0.4, -0.2) is 5.78 Å². The lowest BCUT2D eigenvalue weighted by molar-refractivity contribution is 0.0992. The van der Waals surface area contributed by atoms with Crippen molar-refractivity contribution in [3.8, 4) is 0 Å². The number of Topliss-reactive ketones (excluding diaryl/α,β-unsaturated/α-hetero) is 1. The van der Waals surface area contributed by atoms with E-state index < -0.39 is 0 Å². The van der Waals surface area contributed by atoms with Gasteiger partial charge >= 0.3 is 0 Å². The summed E-state index contributed by atoms with van der Waals surface area (Å²) in [6.07, 6.45) is 0. The number of alkyl halides is 1.